The van der Waals surface area contributed by atoms with Gasteiger partial charge in [0.15, 0.2) is 0 Å². The van der Waals surface area contributed by atoms with Crippen molar-refractivity contribution in [1.82, 2.24) is 6.15 Å². The molecule has 61 valence electrons. The normalized spacial score (nSPS) is 0. The minimum absolute atomic E-state index is 0. The molecule has 0 atom stereocenters. The molecule has 6 nitrogen and oxygen atoms in total. The van der Waals surface area contributed by atoms with Gasteiger partial charge in [0.2, 0.25) is 0 Å². The molecule has 0 fully saturated rings. The van der Waals surface area contributed by atoms with Crippen LogP contribution in [0.1, 0.15) is 0 Å². The van der Waals surface area contributed by atoms with Gasteiger partial charge < -0.3 is 45.9 Å². The van der Waals surface area contributed by atoms with Crippen molar-refractivity contribution in [3.63, 3.8) is 0 Å². The Morgan fingerprint density at radius 1 is 0.667 bits per heavy atom. The van der Waals surface area contributed by atoms with E-state index in [2.05, 4.69) is 0 Å². The summed E-state index contributed by atoms with van der Waals surface area (Å²) < 4.78 is 0. The predicted octanol–water partition coefficient (Wildman–Crippen LogP) is -6.63. The number of hydrogen-bond donors (Lipinski definition) is 1. The van der Waals surface area contributed by atoms with Crippen LogP contribution in [0.2, 0.25) is 0 Å². The molecule has 0 aromatic carbocycles. The second-order valence-electron chi connectivity index (χ2n) is 0. The topological polar surface area (TPSA) is 190 Å². The second-order valence-corrected chi connectivity index (χ2v) is 0. The first kappa shape index (κ1) is 297. The molecule has 0 rings (SSSR count). The van der Waals surface area contributed by atoms with Crippen LogP contribution >= 0.6 is 0 Å². The molecule has 0 aromatic rings. The van der Waals surface area contributed by atoms with E-state index in [0.29, 0.717) is 0 Å². The van der Waals surface area contributed by atoms with Crippen LogP contribution in [0, 0.1) is 0 Å². The van der Waals surface area contributed by atoms with Gasteiger partial charge >= 0.3 is 37.7 Å². The smallest absolute Gasteiger partial charge is 2.00 e. The zero-order valence-electron chi connectivity index (χ0n) is 4.65. The molecule has 0 saturated heterocycles. The Morgan fingerprint density at radius 2 is 0.667 bits per heavy atom. The Hall–Kier alpha value is 1.89. The molecule has 0 aliphatic rings. The molecule has 0 bridgehead atoms. The van der Waals surface area contributed by atoms with Crippen molar-refractivity contribution in [2.45, 2.75) is 0 Å². The van der Waals surface area contributed by atoms with Crippen molar-refractivity contribution in [3.8, 4) is 0 Å². The van der Waals surface area contributed by atoms with Crippen LogP contribution in [-0.2, 0) is 24.0 Å². The predicted molar refractivity (Wildman–Crippen MR) is 25.9 cm³/mol. The Labute approximate surface area is 101 Å². The summed E-state index contributed by atoms with van der Waals surface area (Å²) in [5, 5.41) is 0. The van der Waals surface area contributed by atoms with E-state index in [1.54, 1.807) is 0 Å². The molecule has 0 aromatic heterocycles. The van der Waals surface area contributed by atoms with Crippen LogP contribution in [0.3, 0.4) is 0 Å². The molecule has 0 spiro atoms. The quantitative estimate of drug-likeness (QED) is 0.399. The molecule has 1 radical (unpaired) electrons. The summed E-state index contributed by atoms with van der Waals surface area (Å²) in [4.78, 5) is 0. The van der Waals surface area contributed by atoms with Gasteiger partial charge in [-0.2, -0.15) is 0 Å². The summed E-state index contributed by atoms with van der Waals surface area (Å²) in [5.41, 5.74) is 0. The minimum Gasteiger partial charge on any atom is -2.00 e. The SMILES string of the molecule is N.O.O.O.O.[Ca+2].[Cl-].[O-2].[V]. The van der Waals surface area contributed by atoms with Gasteiger partial charge in [-0.25, -0.2) is 0 Å². The Kier molecular flexibility index (Phi) is 7200. The third kappa shape index (κ3) is 172. The first-order valence-electron chi connectivity index (χ1n) is 0. The number of rotatable bonds is 0. The van der Waals surface area contributed by atoms with Gasteiger partial charge in [0, 0.05) is 18.6 Å². The zero-order chi connectivity index (χ0) is 0. The molecular formula is H11CaClNO5V-. The molecule has 9 heteroatoms. The zero-order valence-corrected chi connectivity index (χ0v) is 9.01. The van der Waals surface area contributed by atoms with Crippen molar-refractivity contribution in [1.29, 1.82) is 0 Å². The van der Waals surface area contributed by atoms with E-state index in [0.717, 1.165) is 0 Å². The van der Waals surface area contributed by atoms with Crippen molar-refractivity contribution in [2.24, 2.45) is 0 Å². The fraction of sp³-hybridized carbons (Fsp3) is 0. The summed E-state index contributed by atoms with van der Waals surface area (Å²) >= 11 is 0. The van der Waals surface area contributed by atoms with Gasteiger partial charge in [0.05, 0.1) is 0 Å². The van der Waals surface area contributed by atoms with Crippen LogP contribution in [0.25, 0.3) is 0 Å². The molecule has 0 saturated carbocycles. The summed E-state index contributed by atoms with van der Waals surface area (Å²) in [5.74, 6) is 0. The van der Waals surface area contributed by atoms with E-state index in [-0.39, 0.29) is 102 Å². The van der Waals surface area contributed by atoms with Crippen LogP contribution in [0.4, 0.5) is 0 Å². The fourth-order valence-corrected chi connectivity index (χ4v) is 0. The molecule has 9 heavy (non-hydrogen) atoms. The van der Waals surface area contributed by atoms with Gasteiger partial charge in [0.1, 0.15) is 0 Å². The largest absolute Gasteiger partial charge is 2.00 e. The van der Waals surface area contributed by atoms with Gasteiger partial charge in [-0.15, -0.1) is 0 Å². The van der Waals surface area contributed by atoms with E-state index in [4.69, 9.17) is 0 Å². The van der Waals surface area contributed by atoms with Crippen LogP contribution in [0.5, 0.6) is 0 Å². The van der Waals surface area contributed by atoms with Crippen molar-refractivity contribution < 1.29 is 58.3 Å². The Morgan fingerprint density at radius 3 is 0.667 bits per heavy atom. The van der Waals surface area contributed by atoms with Crippen LogP contribution in [-0.4, -0.2) is 59.6 Å². The van der Waals surface area contributed by atoms with Crippen LogP contribution in [0.15, 0.2) is 0 Å². The number of halogens is 1. The standard InChI is InChI=1S/Ca.ClH.H3N.4H2O.O.V/h;1H;1H3;4*1H2;;/q+2;;;;;;;-2;/p-1. The van der Waals surface area contributed by atoms with Gasteiger partial charge in [-0.05, 0) is 0 Å². The van der Waals surface area contributed by atoms with Crippen molar-refractivity contribution >= 4 is 37.7 Å². The molecular weight excluding hydrogens is 220 g/mol. The first-order chi connectivity index (χ1) is 0. The summed E-state index contributed by atoms with van der Waals surface area (Å²) in [6.45, 7) is 0. The average Bonchev–Trinajstić information content (AvgIpc) is 0. The third-order valence-corrected chi connectivity index (χ3v) is 0. The summed E-state index contributed by atoms with van der Waals surface area (Å²) in [7, 11) is 0. The minimum atomic E-state index is 0. The molecule has 0 heterocycles. The van der Waals surface area contributed by atoms with Crippen LogP contribution < -0.4 is 18.6 Å². The summed E-state index contributed by atoms with van der Waals surface area (Å²) in [6.07, 6.45) is 0. The first-order valence-corrected chi connectivity index (χ1v) is 0. The molecule has 11 N–H and O–H groups in total. The van der Waals surface area contributed by atoms with E-state index in [1.165, 1.54) is 0 Å². The molecule has 0 unspecified atom stereocenters. The molecule has 0 amide bonds. The van der Waals surface area contributed by atoms with Crippen molar-refractivity contribution in [3.05, 3.63) is 0 Å². The number of hydrogen-bond acceptors (Lipinski definition) is 1. The maximum absolute atomic E-state index is 0. The second kappa shape index (κ2) is 218. The van der Waals surface area contributed by atoms with E-state index >= 15 is 0 Å². The maximum Gasteiger partial charge on any atom is 2.00 e. The van der Waals surface area contributed by atoms with E-state index < -0.39 is 0 Å². The maximum atomic E-state index is 0. The van der Waals surface area contributed by atoms with Crippen molar-refractivity contribution in [2.75, 3.05) is 0 Å². The Balaban J connectivity index is 0. The average molecular weight is 232 g/mol. The van der Waals surface area contributed by atoms with E-state index in [9.17, 15) is 0 Å². The van der Waals surface area contributed by atoms with Gasteiger partial charge in [-0.3, -0.25) is 0 Å². The van der Waals surface area contributed by atoms with Gasteiger partial charge in [0.25, 0.3) is 0 Å². The summed E-state index contributed by atoms with van der Waals surface area (Å²) in [6, 6.07) is 0. The Bertz CT molecular complexity index is 16.9. The monoisotopic (exact) mass is 231 g/mol. The molecule has 0 aliphatic carbocycles. The molecule has 0 aliphatic heterocycles. The van der Waals surface area contributed by atoms with Gasteiger partial charge in [-0.1, -0.05) is 0 Å². The van der Waals surface area contributed by atoms with E-state index in [1.807, 2.05) is 0 Å². The third-order valence-electron chi connectivity index (χ3n) is 0. The fourth-order valence-electron chi connectivity index (χ4n) is 0.